The molecule has 0 radical (unpaired) electrons. The minimum absolute atomic E-state index is 0.0566. The van der Waals surface area contributed by atoms with E-state index in [4.69, 9.17) is 0 Å². The molecule has 0 unspecified atom stereocenters. The van der Waals surface area contributed by atoms with Gasteiger partial charge in [0.1, 0.15) is 17.8 Å². The largest absolute Gasteiger partial charge is 0.333 e. The Bertz CT molecular complexity index is 585. The van der Waals surface area contributed by atoms with Crippen molar-refractivity contribution in [2.75, 3.05) is 7.05 Å². The number of nitrogens with zero attached hydrogens (tertiary/aromatic N) is 5. The van der Waals surface area contributed by atoms with Gasteiger partial charge in [0.2, 0.25) is 0 Å². The van der Waals surface area contributed by atoms with Crippen LogP contribution in [0.2, 0.25) is 0 Å². The summed E-state index contributed by atoms with van der Waals surface area (Å²) in [6.07, 6.45) is 3.33. The molecule has 2 aromatic rings. The molecule has 1 N–H and O–H groups in total. The summed E-state index contributed by atoms with van der Waals surface area (Å²) in [5.74, 6) is 0.607. The monoisotopic (exact) mass is 290 g/mol. The fourth-order valence-electron chi connectivity index (χ4n) is 2.39. The maximum absolute atomic E-state index is 12.6. The van der Waals surface area contributed by atoms with Crippen LogP contribution in [0.4, 0.5) is 0 Å². The molecule has 0 saturated heterocycles. The highest BCUT2D eigenvalue weighted by molar-refractivity contribution is 5.92. The van der Waals surface area contributed by atoms with Gasteiger partial charge in [0.15, 0.2) is 0 Å². The number of rotatable bonds is 6. The van der Waals surface area contributed by atoms with Gasteiger partial charge in [-0.25, -0.2) is 4.98 Å². The number of amides is 1. The van der Waals surface area contributed by atoms with Crippen molar-refractivity contribution in [2.45, 2.75) is 46.2 Å². The molecular formula is C14H22N6O. The van der Waals surface area contributed by atoms with E-state index < -0.39 is 0 Å². The first-order valence-corrected chi connectivity index (χ1v) is 7.22. The smallest absolute Gasteiger partial charge is 0.272 e. The normalized spacial score (nSPS) is 11.1. The summed E-state index contributed by atoms with van der Waals surface area (Å²) in [5.41, 5.74) is 1.49. The zero-order valence-electron chi connectivity index (χ0n) is 13.0. The van der Waals surface area contributed by atoms with E-state index in [0.29, 0.717) is 18.1 Å². The number of aromatic amines is 1. The third kappa shape index (κ3) is 3.29. The molecule has 2 heterocycles. The molecule has 21 heavy (non-hydrogen) atoms. The van der Waals surface area contributed by atoms with E-state index in [-0.39, 0.29) is 11.9 Å². The lowest BCUT2D eigenvalue weighted by molar-refractivity contribution is 0.0765. The van der Waals surface area contributed by atoms with Crippen molar-refractivity contribution in [3.05, 3.63) is 29.6 Å². The Morgan fingerprint density at radius 1 is 1.43 bits per heavy atom. The molecule has 2 rings (SSSR count). The van der Waals surface area contributed by atoms with Crippen LogP contribution in [-0.2, 0) is 6.54 Å². The van der Waals surface area contributed by atoms with Gasteiger partial charge < -0.3 is 4.90 Å². The first kappa shape index (κ1) is 15.2. The zero-order chi connectivity index (χ0) is 15.4. The van der Waals surface area contributed by atoms with Crippen molar-refractivity contribution in [2.24, 2.45) is 0 Å². The Labute approximate surface area is 124 Å². The fraction of sp³-hybridized carbons (Fsp3) is 0.571. The van der Waals surface area contributed by atoms with E-state index in [0.717, 1.165) is 18.5 Å². The molecule has 0 fully saturated rings. The summed E-state index contributed by atoms with van der Waals surface area (Å²) in [7, 11) is 1.75. The average molecular weight is 290 g/mol. The van der Waals surface area contributed by atoms with E-state index in [2.05, 4.69) is 34.1 Å². The molecule has 1 amide bonds. The lowest BCUT2D eigenvalue weighted by Crippen LogP contribution is -2.30. The second-order valence-corrected chi connectivity index (χ2v) is 5.18. The number of H-pyrrole nitrogens is 1. The number of nitrogens with one attached hydrogen (secondary N) is 1. The molecule has 0 saturated carbocycles. The lowest BCUT2D eigenvalue weighted by Gasteiger charge is -2.20. The Balaban J connectivity index is 2.22. The summed E-state index contributed by atoms with van der Waals surface area (Å²) in [6.45, 7) is 6.52. The van der Waals surface area contributed by atoms with Crippen LogP contribution < -0.4 is 0 Å². The number of hydrogen-bond donors (Lipinski definition) is 1. The van der Waals surface area contributed by atoms with Crippen molar-refractivity contribution >= 4 is 5.91 Å². The first-order valence-electron chi connectivity index (χ1n) is 7.22. The third-order valence-corrected chi connectivity index (χ3v) is 3.56. The topological polar surface area (TPSA) is 79.7 Å². The quantitative estimate of drug-likeness (QED) is 0.881. The van der Waals surface area contributed by atoms with Gasteiger partial charge in [0, 0.05) is 7.05 Å². The van der Waals surface area contributed by atoms with E-state index in [1.807, 2.05) is 17.7 Å². The van der Waals surface area contributed by atoms with Gasteiger partial charge >= 0.3 is 0 Å². The van der Waals surface area contributed by atoms with E-state index in [9.17, 15) is 4.79 Å². The van der Waals surface area contributed by atoms with Gasteiger partial charge in [-0.1, -0.05) is 13.8 Å². The van der Waals surface area contributed by atoms with Crippen molar-refractivity contribution in [3.8, 4) is 0 Å². The van der Waals surface area contributed by atoms with E-state index in [1.165, 1.54) is 6.33 Å². The minimum atomic E-state index is -0.0566. The molecule has 7 heteroatoms. The molecule has 0 spiro atoms. The highest BCUT2D eigenvalue weighted by Gasteiger charge is 2.22. The maximum Gasteiger partial charge on any atom is 0.272 e. The van der Waals surface area contributed by atoms with Crippen molar-refractivity contribution in [1.29, 1.82) is 0 Å². The van der Waals surface area contributed by atoms with Gasteiger partial charge in [-0.3, -0.25) is 14.6 Å². The molecule has 0 bridgehead atoms. The summed E-state index contributed by atoms with van der Waals surface area (Å²) in [5, 5.41) is 11.0. The SMILES string of the molecule is CCC(CC)n1nc(C)cc1C(=O)N(C)Cc1ncn[nH]1. The maximum atomic E-state index is 12.6. The fourth-order valence-corrected chi connectivity index (χ4v) is 2.39. The molecule has 0 atom stereocenters. The van der Waals surface area contributed by atoms with Gasteiger partial charge in [0.25, 0.3) is 5.91 Å². The van der Waals surface area contributed by atoms with Crippen LogP contribution in [0.1, 0.15) is 54.7 Å². The number of carbonyl (C=O) groups excluding carboxylic acids is 1. The average Bonchev–Trinajstić information content (AvgIpc) is 3.09. The van der Waals surface area contributed by atoms with Crippen LogP contribution in [0.25, 0.3) is 0 Å². The minimum Gasteiger partial charge on any atom is -0.333 e. The van der Waals surface area contributed by atoms with E-state index >= 15 is 0 Å². The van der Waals surface area contributed by atoms with Crippen molar-refractivity contribution in [3.63, 3.8) is 0 Å². The highest BCUT2D eigenvalue weighted by atomic mass is 16.2. The lowest BCUT2D eigenvalue weighted by atomic mass is 10.1. The Kier molecular flexibility index (Phi) is 4.72. The van der Waals surface area contributed by atoms with Gasteiger partial charge in [-0.2, -0.15) is 10.2 Å². The molecule has 0 aliphatic carbocycles. The second-order valence-electron chi connectivity index (χ2n) is 5.18. The van der Waals surface area contributed by atoms with Gasteiger partial charge in [0.05, 0.1) is 18.3 Å². The third-order valence-electron chi connectivity index (χ3n) is 3.56. The molecule has 0 aromatic carbocycles. The molecule has 0 aliphatic rings. The van der Waals surface area contributed by atoms with Crippen LogP contribution >= 0.6 is 0 Å². The van der Waals surface area contributed by atoms with Crippen LogP contribution in [0.15, 0.2) is 12.4 Å². The molecule has 114 valence electrons. The van der Waals surface area contributed by atoms with Gasteiger partial charge in [-0.05, 0) is 25.8 Å². The predicted molar refractivity (Wildman–Crippen MR) is 78.8 cm³/mol. The van der Waals surface area contributed by atoms with E-state index in [1.54, 1.807) is 11.9 Å². The van der Waals surface area contributed by atoms with Crippen molar-refractivity contribution in [1.82, 2.24) is 29.9 Å². The predicted octanol–water partition coefficient (Wildman–Crippen LogP) is 1.94. The summed E-state index contributed by atoms with van der Waals surface area (Å²) < 4.78 is 1.86. The Morgan fingerprint density at radius 3 is 2.71 bits per heavy atom. The van der Waals surface area contributed by atoms with Gasteiger partial charge in [-0.15, -0.1) is 0 Å². The molecule has 0 aliphatic heterocycles. The Hall–Kier alpha value is -2.18. The molecule has 2 aromatic heterocycles. The standard InChI is InChI=1S/C14H22N6O/c1-5-11(6-2)20-12(7-10(3)18-20)14(21)19(4)8-13-15-9-16-17-13/h7,9,11H,5-6,8H2,1-4H3,(H,15,16,17). The zero-order valence-corrected chi connectivity index (χ0v) is 13.0. The van der Waals surface area contributed by atoms with Crippen LogP contribution in [0.5, 0.6) is 0 Å². The second kappa shape index (κ2) is 6.51. The van der Waals surface area contributed by atoms with Crippen LogP contribution in [0, 0.1) is 6.92 Å². The number of carbonyl (C=O) groups is 1. The van der Waals surface area contributed by atoms with Crippen LogP contribution in [0.3, 0.4) is 0 Å². The Morgan fingerprint density at radius 2 is 2.14 bits per heavy atom. The van der Waals surface area contributed by atoms with Crippen LogP contribution in [-0.4, -0.2) is 42.8 Å². The number of hydrogen-bond acceptors (Lipinski definition) is 4. The van der Waals surface area contributed by atoms with Crippen molar-refractivity contribution < 1.29 is 4.79 Å². The molecule has 7 nitrogen and oxygen atoms in total. The first-order chi connectivity index (χ1) is 10.1. The summed E-state index contributed by atoms with van der Waals surface area (Å²) >= 11 is 0. The number of aromatic nitrogens is 5. The summed E-state index contributed by atoms with van der Waals surface area (Å²) in [4.78, 5) is 18.3. The molecular weight excluding hydrogens is 268 g/mol. The number of aryl methyl sites for hydroxylation is 1. The summed E-state index contributed by atoms with van der Waals surface area (Å²) in [6, 6.07) is 2.09. The highest BCUT2D eigenvalue weighted by Crippen LogP contribution is 2.19.